The monoisotopic (exact) mass is 254 g/mol. The van der Waals surface area contributed by atoms with E-state index in [-0.39, 0.29) is 5.56 Å². The van der Waals surface area contributed by atoms with Gasteiger partial charge in [-0.2, -0.15) is 8.78 Å². The van der Waals surface area contributed by atoms with Crippen LogP contribution in [0.25, 0.3) is 0 Å². The summed E-state index contributed by atoms with van der Waals surface area (Å²) in [5.74, 6) is -3.42. The lowest BCUT2D eigenvalue weighted by Crippen LogP contribution is -2.17. The van der Waals surface area contributed by atoms with Crippen LogP contribution in [0.5, 0.6) is 0 Å². The molecule has 0 atom stereocenters. The van der Waals surface area contributed by atoms with Gasteiger partial charge >= 0.3 is 0 Å². The first-order valence-electron chi connectivity index (χ1n) is 5.34. The summed E-state index contributed by atoms with van der Waals surface area (Å²) in [6, 6.07) is 11.7. The van der Waals surface area contributed by atoms with Crippen molar-refractivity contribution in [3.8, 4) is 0 Å². The molecule has 0 spiro atoms. The molecule has 2 rings (SSSR count). The number of rotatable bonds is 3. The summed E-state index contributed by atoms with van der Waals surface area (Å²) < 4.78 is 53.8. The Bertz CT molecular complexity index is 520. The highest BCUT2D eigenvalue weighted by atomic mass is 19.3. The maximum absolute atomic E-state index is 14.2. The quantitative estimate of drug-likeness (QED) is 0.692. The fourth-order valence-electron chi connectivity index (χ4n) is 1.78. The summed E-state index contributed by atoms with van der Waals surface area (Å²) in [6.07, 6.45) is -2.92. The Morgan fingerprint density at radius 3 is 1.94 bits per heavy atom. The van der Waals surface area contributed by atoms with Crippen LogP contribution >= 0.6 is 0 Å². The molecule has 0 aromatic heterocycles. The molecule has 0 radical (unpaired) electrons. The molecule has 0 aliphatic carbocycles. The third-order valence-corrected chi connectivity index (χ3v) is 2.67. The Morgan fingerprint density at radius 1 is 0.778 bits per heavy atom. The van der Waals surface area contributed by atoms with Crippen LogP contribution < -0.4 is 0 Å². The standard InChI is InChI=1S/C14H10F4/c15-13(16)11-8-4-5-9-12(11)14(17,18)10-6-2-1-3-7-10/h1-9,13H. The van der Waals surface area contributed by atoms with Gasteiger partial charge in [0.1, 0.15) is 0 Å². The second-order valence-corrected chi connectivity index (χ2v) is 3.83. The van der Waals surface area contributed by atoms with Gasteiger partial charge in [-0.25, -0.2) is 8.78 Å². The molecular formula is C14H10F4. The van der Waals surface area contributed by atoms with Crippen LogP contribution in [0.1, 0.15) is 23.1 Å². The number of halogens is 4. The predicted octanol–water partition coefficient (Wildman–Crippen LogP) is 4.76. The van der Waals surface area contributed by atoms with Crippen LogP contribution in [-0.2, 0) is 5.92 Å². The average molecular weight is 254 g/mol. The fraction of sp³-hybridized carbons (Fsp3) is 0.143. The van der Waals surface area contributed by atoms with E-state index in [1.807, 2.05) is 0 Å². The number of hydrogen-bond donors (Lipinski definition) is 0. The Kier molecular flexibility index (Phi) is 3.36. The van der Waals surface area contributed by atoms with Crippen molar-refractivity contribution in [3.05, 3.63) is 71.3 Å². The van der Waals surface area contributed by atoms with Crippen LogP contribution in [0, 0.1) is 0 Å². The molecule has 4 heteroatoms. The third kappa shape index (κ3) is 2.23. The molecular weight excluding hydrogens is 244 g/mol. The third-order valence-electron chi connectivity index (χ3n) is 2.67. The zero-order chi connectivity index (χ0) is 13.2. The van der Waals surface area contributed by atoms with E-state index in [2.05, 4.69) is 0 Å². The average Bonchev–Trinajstić information content (AvgIpc) is 2.39. The minimum absolute atomic E-state index is 0.293. The molecule has 0 amide bonds. The number of hydrogen-bond acceptors (Lipinski definition) is 0. The molecule has 0 bridgehead atoms. The molecule has 2 aromatic carbocycles. The first-order valence-corrected chi connectivity index (χ1v) is 5.34. The van der Waals surface area contributed by atoms with Crippen molar-refractivity contribution in [2.45, 2.75) is 12.3 Å². The molecule has 0 saturated carbocycles. The largest absolute Gasteiger partial charge is 0.298 e. The molecule has 94 valence electrons. The summed E-state index contributed by atoms with van der Waals surface area (Å²) in [6.45, 7) is 0. The Labute approximate surface area is 102 Å². The normalized spacial score (nSPS) is 11.8. The molecule has 0 saturated heterocycles. The van der Waals surface area contributed by atoms with Gasteiger partial charge in [-0.3, -0.25) is 0 Å². The molecule has 2 aromatic rings. The zero-order valence-electron chi connectivity index (χ0n) is 9.29. The Hall–Kier alpha value is -1.84. The molecule has 0 heterocycles. The van der Waals surface area contributed by atoms with E-state index < -0.39 is 23.5 Å². The first kappa shape index (κ1) is 12.6. The van der Waals surface area contributed by atoms with Gasteiger partial charge in [0.25, 0.3) is 12.3 Å². The minimum Gasteiger partial charge on any atom is -0.205 e. The molecule has 0 aliphatic rings. The lowest BCUT2D eigenvalue weighted by Gasteiger charge is -2.20. The molecule has 0 unspecified atom stereocenters. The molecule has 0 N–H and O–H groups in total. The van der Waals surface area contributed by atoms with Gasteiger partial charge in [0.15, 0.2) is 0 Å². The summed E-state index contributed by atoms with van der Waals surface area (Å²) in [7, 11) is 0. The van der Waals surface area contributed by atoms with Crippen molar-refractivity contribution >= 4 is 0 Å². The second-order valence-electron chi connectivity index (χ2n) is 3.83. The van der Waals surface area contributed by atoms with Gasteiger partial charge in [-0.15, -0.1) is 0 Å². The second kappa shape index (κ2) is 4.80. The van der Waals surface area contributed by atoms with Gasteiger partial charge < -0.3 is 0 Å². The van der Waals surface area contributed by atoms with Crippen molar-refractivity contribution in [1.29, 1.82) is 0 Å². The van der Waals surface area contributed by atoms with Gasteiger partial charge in [-0.1, -0.05) is 54.6 Å². The van der Waals surface area contributed by atoms with Gasteiger partial charge in [0.05, 0.1) is 0 Å². The van der Waals surface area contributed by atoms with Crippen molar-refractivity contribution in [2.24, 2.45) is 0 Å². The van der Waals surface area contributed by atoms with Crippen molar-refractivity contribution in [1.82, 2.24) is 0 Å². The van der Waals surface area contributed by atoms with Crippen LogP contribution in [0.15, 0.2) is 54.6 Å². The Balaban J connectivity index is 2.54. The SMILES string of the molecule is FC(F)c1ccccc1C(F)(F)c1ccccc1. The minimum atomic E-state index is -3.42. The molecule has 18 heavy (non-hydrogen) atoms. The fourth-order valence-corrected chi connectivity index (χ4v) is 1.78. The Morgan fingerprint density at radius 2 is 1.33 bits per heavy atom. The summed E-state index contributed by atoms with van der Waals surface area (Å²) in [4.78, 5) is 0. The van der Waals surface area contributed by atoms with E-state index in [0.717, 1.165) is 12.1 Å². The summed E-state index contributed by atoms with van der Waals surface area (Å²) in [5.41, 5.74) is -1.57. The molecule has 0 fully saturated rings. The molecule has 0 aliphatic heterocycles. The van der Waals surface area contributed by atoms with E-state index >= 15 is 0 Å². The van der Waals surface area contributed by atoms with Gasteiger partial charge in [0.2, 0.25) is 0 Å². The van der Waals surface area contributed by atoms with Crippen LogP contribution in [-0.4, -0.2) is 0 Å². The zero-order valence-corrected chi connectivity index (χ0v) is 9.29. The van der Waals surface area contributed by atoms with Crippen LogP contribution in [0.3, 0.4) is 0 Å². The lowest BCUT2D eigenvalue weighted by atomic mass is 9.96. The van der Waals surface area contributed by atoms with E-state index in [4.69, 9.17) is 0 Å². The van der Waals surface area contributed by atoms with Gasteiger partial charge in [0, 0.05) is 16.7 Å². The predicted molar refractivity (Wildman–Crippen MR) is 60.8 cm³/mol. The van der Waals surface area contributed by atoms with Crippen molar-refractivity contribution in [3.63, 3.8) is 0 Å². The summed E-state index contributed by atoms with van der Waals surface area (Å²) in [5, 5.41) is 0. The smallest absolute Gasteiger partial charge is 0.205 e. The molecule has 0 nitrogen and oxygen atoms in total. The highest BCUT2D eigenvalue weighted by Crippen LogP contribution is 2.39. The maximum Gasteiger partial charge on any atom is 0.298 e. The lowest BCUT2D eigenvalue weighted by molar-refractivity contribution is 0.0366. The topological polar surface area (TPSA) is 0 Å². The van der Waals surface area contributed by atoms with E-state index in [1.165, 1.54) is 36.4 Å². The van der Waals surface area contributed by atoms with E-state index in [1.54, 1.807) is 6.07 Å². The number of benzene rings is 2. The van der Waals surface area contributed by atoms with Gasteiger partial charge in [-0.05, 0) is 0 Å². The van der Waals surface area contributed by atoms with E-state index in [9.17, 15) is 17.6 Å². The van der Waals surface area contributed by atoms with Crippen LogP contribution in [0.2, 0.25) is 0 Å². The van der Waals surface area contributed by atoms with Crippen molar-refractivity contribution in [2.75, 3.05) is 0 Å². The maximum atomic E-state index is 14.2. The van der Waals surface area contributed by atoms with E-state index in [0.29, 0.717) is 0 Å². The first-order chi connectivity index (χ1) is 8.53. The summed E-state index contributed by atoms with van der Waals surface area (Å²) >= 11 is 0. The highest BCUT2D eigenvalue weighted by Gasteiger charge is 2.37. The van der Waals surface area contributed by atoms with Crippen LogP contribution in [0.4, 0.5) is 17.6 Å². The van der Waals surface area contributed by atoms with Crippen molar-refractivity contribution < 1.29 is 17.6 Å². The highest BCUT2D eigenvalue weighted by molar-refractivity contribution is 5.39. The number of alkyl halides is 4.